The summed E-state index contributed by atoms with van der Waals surface area (Å²) in [7, 11) is 0. The van der Waals surface area contributed by atoms with Crippen LogP contribution in [-0.4, -0.2) is 10.8 Å². The van der Waals surface area contributed by atoms with Crippen LogP contribution in [-0.2, 0) is 4.79 Å². The van der Waals surface area contributed by atoms with Gasteiger partial charge in [-0.05, 0) is 13.8 Å². The molecule has 0 amide bonds. The van der Waals surface area contributed by atoms with Crippen molar-refractivity contribution < 1.29 is 4.79 Å². The highest BCUT2D eigenvalue weighted by Crippen LogP contribution is 2.26. The minimum Gasteiger partial charge on any atom is -0.299 e. The van der Waals surface area contributed by atoms with Gasteiger partial charge in [-0.1, -0.05) is 30.3 Å². The van der Waals surface area contributed by atoms with Crippen molar-refractivity contribution in [1.29, 1.82) is 0 Å². The number of hydrogen-bond donors (Lipinski definition) is 0. The quantitative estimate of drug-likeness (QED) is 0.809. The van der Waals surface area contributed by atoms with Crippen molar-refractivity contribution in [3.63, 3.8) is 0 Å². The molecule has 3 heteroatoms. The Kier molecular flexibility index (Phi) is 3.15. The Labute approximate surface area is 99.0 Å². The van der Waals surface area contributed by atoms with Gasteiger partial charge in [-0.15, -0.1) is 11.3 Å². The highest BCUT2D eigenvalue weighted by atomic mass is 32.1. The fourth-order valence-electron chi connectivity index (χ4n) is 1.40. The smallest absolute Gasteiger partial charge is 0.139 e. The van der Waals surface area contributed by atoms with Crippen molar-refractivity contribution in [3.05, 3.63) is 40.7 Å². The molecule has 82 valence electrons. The number of rotatable bonds is 3. The number of carbonyl (C=O) groups is 1. The second-order valence-corrected chi connectivity index (χ2v) is 4.66. The molecule has 2 nitrogen and oxygen atoms in total. The molecular formula is C13H13NOS. The third kappa shape index (κ3) is 2.19. The molecule has 0 N–H and O–H groups in total. The predicted molar refractivity (Wildman–Crippen MR) is 66.6 cm³/mol. The van der Waals surface area contributed by atoms with Gasteiger partial charge in [0, 0.05) is 10.9 Å². The van der Waals surface area contributed by atoms with E-state index in [4.69, 9.17) is 0 Å². The molecule has 0 saturated heterocycles. The summed E-state index contributed by atoms with van der Waals surface area (Å²) >= 11 is 1.55. The first-order valence-corrected chi connectivity index (χ1v) is 6.07. The van der Waals surface area contributed by atoms with Crippen LogP contribution in [0.25, 0.3) is 11.3 Å². The number of Topliss-reactive ketones (excluding diaryl/α,β-unsaturated/α-hetero) is 1. The molecule has 1 heterocycles. The number of ketones is 1. The fourth-order valence-corrected chi connectivity index (χ4v) is 2.34. The summed E-state index contributed by atoms with van der Waals surface area (Å²) in [5.74, 6) is 0.0661. The lowest BCUT2D eigenvalue weighted by molar-refractivity contribution is -0.118. The second-order valence-electron chi connectivity index (χ2n) is 3.77. The molecular weight excluding hydrogens is 218 g/mol. The maximum Gasteiger partial charge on any atom is 0.139 e. The van der Waals surface area contributed by atoms with Crippen molar-refractivity contribution in [2.24, 2.45) is 0 Å². The number of nitrogens with zero attached hydrogens (tertiary/aromatic N) is 1. The highest BCUT2D eigenvalue weighted by molar-refractivity contribution is 7.10. The first-order chi connectivity index (χ1) is 7.68. The second kappa shape index (κ2) is 4.58. The molecule has 0 aliphatic heterocycles. The summed E-state index contributed by atoms with van der Waals surface area (Å²) < 4.78 is 0. The lowest BCUT2D eigenvalue weighted by Crippen LogP contribution is -2.03. The average Bonchev–Trinajstić information content (AvgIpc) is 2.78. The molecule has 2 rings (SSSR count). The van der Waals surface area contributed by atoms with Gasteiger partial charge in [0.05, 0.1) is 11.6 Å². The minimum atomic E-state index is -0.0949. The van der Waals surface area contributed by atoms with E-state index in [9.17, 15) is 4.79 Å². The van der Waals surface area contributed by atoms with Gasteiger partial charge in [0.1, 0.15) is 10.8 Å². The zero-order chi connectivity index (χ0) is 11.5. The van der Waals surface area contributed by atoms with Crippen molar-refractivity contribution >= 4 is 17.1 Å². The Balaban J connectivity index is 2.30. The van der Waals surface area contributed by atoms with Gasteiger partial charge in [0.25, 0.3) is 0 Å². The Morgan fingerprint density at radius 3 is 2.62 bits per heavy atom. The van der Waals surface area contributed by atoms with E-state index in [1.165, 1.54) is 0 Å². The summed E-state index contributed by atoms with van der Waals surface area (Å²) in [6.07, 6.45) is 0. The monoisotopic (exact) mass is 231 g/mol. The third-order valence-electron chi connectivity index (χ3n) is 2.57. The Bertz CT molecular complexity index is 490. The summed E-state index contributed by atoms with van der Waals surface area (Å²) in [6, 6.07) is 10.0. The maximum atomic E-state index is 11.3. The van der Waals surface area contributed by atoms with Gasteiger partial charge >= 0.3 is 0 Å². The van der Waals surface area contributed by atoms with Crippen LogP contribution in [0.1, 0.15) is 24.8 Å². The van der Waals surface area contributed by atoms with Gasteiger partial charge in [-0.3, -0.25) is 4.79 Å². The first-order valence-electron chi connectivity index (χ1n) is 5.20. The summed E-state index contributed by atoms with van der Waals surface area (Å²) in [4.78, 5) is 15.8. The Morgan fingerprint density at radius 2 is 2.00 bits per heavy atom. The van der Waals surface area contributed by atoms with E-state index in [2.05, 4.69) is 4.98 Å². The van der Waals surface area contributed by atoms with Gasteiger partial charge in [-0.25, -0.2) is 4.98 Å². The fraction of sp³-hybridized carbons (Fsp3) is 0.231. The molecule has 1 aromatic carbocycles. The molecule has 0 radical (unpaired) electrons. The van der Waals surface area contributed by atoms with E-state index >= 15 is 0 Å². The third-order valence-corrected chi connectivity index (χ3v) is 3.60. The van der Waals surface area contributed by atoms with Crippen LogP contribution in [0.15, 0.2) is 35.7 Å². The number of hydrogen-bond acceptors (Lipinski definition) is 3. The lowest BCUT2D eigenvalue weighted by Gasteiger charge is -2.01. The molecule has 0 fully saturated rings. The van der Waals surface area contributed by atoms with Crippen molar-refractivity contribution in [2.75, 3.05) is 0 Å². The van der Waals surface area contributed by atoms with E-state index in [0.717, 1.165) is 16.3 Å². The van der Waals surface area contributed by atoms with E-state index in [1.807, 2.05) is 42.6 Å². The van der Waals surface area contributed by atoms with Gasteiger partial charge < -0.3 is 0 Å². The average molecular weight is 231 g/mol. The van der Waals surface area contributed by atoms with Gasteiger partial charge in [0.15, 0.2) is 0 Å². The topological polar surface area (TPSA) is 30.0 Å². The number of thiazole rings is 1. The van der Waals surface area contributed by atoms with E-state index in [-0.39, 0.29) is 11.7 Å². The summed E-state index contributed by atoms with van der Waals surface area (Å²) in [5.41, 5.74) is 2.05. The molecule has 1 atom stereocenters. The first kappa shape index (κ1) is 11.0. The van der Waals surface area contributed by atoms with Gasteiger partial charge in [0.2, 0.25) is 0 Å². The van der Waals surface area contributed by atoms with Gasteiger partial charge in [-0.2, -0.15) is 0 Å². The highest BCUT2D eigenvalue weighted by Gasteiger charge is 2.14. The van der Waals surface area contributed by atoms with Crippen LogP contribution in [0.3, 0.4) is 0 Å². The largest absolute Gasteiger partial charge is 0.299 e. The Hall–Kier alpha value is -1.48. The summed E-state index contributed by atoms with van der Waals surface area (Å²) in [5, 5.41) is 2.90. The summed E-state index contributed by atoms with van der Waals surface area (Å²) in [6.45, 7) is 3.50. The maximum absolute atomic E-state index is 11.3. The molecule has 0 saturated carbocycles. The van der Waals surface area contributed by atoms with Crippen LogP contribution >= 0.6 is 11.3 Å². The number of aromatic nitrogens is 1. The zero-order valence-electron chi connectivity index (χ0n) is 9.31. The molecule has 1 unspecified atom stereocenters. The van der Waals surface area contributed by atoms with E-state index < -0.39 is 0 Å². The normalized spacial score (nSPS) is 12.4. The zero-order valence-corrected chi connectivity index (χ0v) is 10.1. The molecule has 1 aromatic heterocycles. The molecule has 0 spiro atoms. The predicted octanol–water partition coefficient (Wildman–Crippen LogP) is 3.50. The van der Waals surface area contributed by atoms with Crippen LogP contribution < -0.4 is 0 Å². The van der Waals surface area contributed by atoms with Crippen molar-refractivity contribution in [2.45, 2.75) is 19.8 Å². The lowest BCUT2D eigenvalue weighted by atomic mass is 10.1. The molecule has 0 bridgehead atoms. The van der Waals surface area contributed by atoms with Crippen LogP contribution in [0, 0.1) is 0 Å². The number of benzene rings is 1. The van der Waals surface area contributed by atoms with Crippen LogP contribution in [0.4, 0.5) is 0 Å². The SMILES string of the molecule is CC(=O)C(C)c1nc(-c2ccccc2)cs1. The molecule has 16 heavy (non-hydrogen) atoms. The minimum absolute atomic E-state index is 0.0949. The molecule has 0 aliphatic carbocycles. The van der Waals surface area contributed by atoms with Crippen LogP contribution in [0.5, 0.6) is 0 Å². The molecule has 0 aliphatic rings. The van der Waals surface area contributed by atoms with Crippen LogP contribution in [0.2, 0.25) is 0 Å². The Morgan fingerprint density at radius 1 is 1.31 bits per heavy atom. The van der Waals surface area contributed by atoms with E-state index in [1.54, 1.807) is 18.3 Å². The van der Waals surface area contributed by atoms with Crippen molar-refractivity contribution in [3.8, 4) is 11.3 Å². The molecule has 2 aromatic rings. The van der Waals surface area contributed by atoms with Crippen molar-refractivity contribution in [1.82, 2.24) is 4.98 Å². The standard InChI is InChI=1S/C13H13NOS/c1-9(10(2)15)13-14-12(8-16-13)11-6-4-3-5-7-11/h3-9H,1-2H3. The number of carbonyl (C=O) groups excluding carboxylic acids is 1. The van der Waals surface area contributed by atoms with E-state index in [0.29, 0.717) is 0 Å².